The van der Waals surface area contributed by atoms with Crippen LogP contribution in [0.15, 0.2) is 18.3 Å². The summed E-state index contributed by atoms with van der Waals surface area (Å²) in [4.78, 5) is 3.23. The third kappa shape index (κ3) is 3.40. The Balaban J connectivity index is 0. The quantitative estimate of drug-likeness (QED) is 0.357. The summed E-state index contributed by atoms with van der Waals surface area (Å²) in [5.74, 6) is -0.717. The number of hydrogen-bond donors (Lipinski definition) is 2. The van der Waals surface area contributed by atoms with E-state index in [0.29, 0.717) is 0 Å². The van der Waals surface area contributed by atoms with Crippen molar-refractivity contribution in [2.45, 2.75) is 0 Å². The Kier molecular flexibility index (Phi) is 6.34. The Hall–Kier alpha value is -1.02. The second-order valence-electron chi connectivity index (χ2n) is 1.79. The summed E-state index contributed by atoms with van der Waals surface area (Å²) in [6.45, 7) is 0. The SMILES string of the molecule is O.O.OB(O)c1ccnc(F)c1. The summed E-state index contributed by atoms with van der Waals surface area (Å²) in [7, 11) is -1.63. The first-order chi connectivity index (χ1) is 4.70. The first-order valence-corrected chi connectivity index (χ1v) is 2.68. The van der Waals surface area contributed by atoms with Crippen LogP contribution >= 0.6 is 0 Å². The van der Waals surface area contributed by atoms with Gasteiger partial charge in [0.2, 0.25) is 5.95 Å². The molecule has 1 aromatic heterocycles. The average molecular weight is 177 g/mol. The highest BCUT2D eigenvalue weighted by atomic mass is 19.1. The molecule has 6 N–H and O–H groups in total. The van der Waals surface area contributed by atoms with Crippen molar-refractivity contribution in [2.24, 2.45) is 0 Å². The van der Waals surface area contributed by atoms with Gasteiger partial charge in [0.25, 0.3) is 0 Å². The maximum absolute atomic E-state index is 12.2. The zero-order valence-corrected chi connectivity index (χ0v) is 6.03. The predicted molar refractivity (Wildman–Crippen MR) is 41.2 cm³/mol. The van der Waals surface area contributed by atoms with Crippen molar-refractivity contribution in [3.05, 3.63) is 24.3 Å². The summed E-state index contributed by atoms with van der Waals surface area (Å²) in [5, 5.41) is 17.0. The van der Waals surface area contributed by atoms with Crippen molar-refractivity contribution in [3.63, 3.8) is 0 Å². The molecule has 0 saturated heterocycles. The molecule has 1 heterocycles. The largest absolute Gasteiger partial charge is 0.488 e. The van der Waals surface area contributed by atoms with Gasteiger partial charge in [0.1, 0.15) is 0 Å². The Morgan fingerprint density at radius 2 is 1.92 bits per heavy atom. The minimum atomic E-state index is -1.63. The van der Waals surface area contributed by atoms with E-state index >= 15 is 0 Å². The topological polar surface area (TPSA) is 116 Å². The molecule has 0 aliphatic rings. The fraction of sp³-hybridized carbons (Fsp3) is 0. The van der Waals surface area contributed by atoms with Gasteiger partial charge in [-0.05, 0) is 17.6 Å². The molecule has 0 aliphatic heterocycles. The van der Waals surface area contributed by atoms with E-state index < -0.39 is 13.1 Å². The van der Waals surface area contributed by atoms with Crippen LogP contribution in [0, 0.1) is 5.95 Å². The van der Waals surface area contributed by atoms with E-state index in [1.165, 1.54) is 12.3 Å². The van der Waals surface area contributed by atoms with Crippen molar-refractivity contribution >= 4 is 12.6 Å². The molecule has 0 fully saturated rings. The maximum Gasteiger partial charge on any atom is 0.488 e. The molecule has 0 saturated carbocycles. The van der Waals surface area contributed by atoms with Gasteiger partial charge in [0, 0.05) is 6.20 Å². The second kappa shape index (κ2) is 5.61. The highest BCUT2D eigenvalue weighted by Crippen LogP contribution is 1.86. The summed E-state index contributed by atoms with van der Waals surface area (Å²) < 4.78 is 12.2. The second-order valence-corrected chi connectivity index (χ2v) is 1.79. The first-order valence-electron chi connectivity index (χ1n) is 2.68. The molecule has 1 rings (SSSR count). The molecule has 0 amide bonds. The summed E-state index contributed by atoms with van der Waals surface area (Å²) in [6, 6.07) is 2.29. The van der Waals surface area contributed by atoms with Gasteiger partial charge < -0.3 is 21.0 Å². The fourth-order valence-corrected chi connectivity index (χ4v) is 0.578. The Labute approximate surface area is 68.3 Å². The van der Waals surface area contributed by atoms with E-state index in [4.69, 9.17) is 10.0 Å². The molecule has 68 valence electrons. The number of hydrogen-bond acceptors (Lipinski definition) is 3. The zero-order chi connectivity index (χ0) is 7.56. The van der Waals surface area contributed by atoms with Crippen LogP contribution in [0.5, 0.6) is 0 Å². The van der Waals surface area contributed by atoms with Crippen LogP contribution in [0.25, 0.3) is 0 Å². The highest BCUT2D eigenvalue weighted by Gasteiger charge is 2.10. The summed E-state index contributed by atoms with van der Waals surface area (Å²) >= 11 is 0. The maximum atomic E-state index is 12.2. The monoisotopic (exact) mass is 177 g/mol. The van der Waals surface area contributed by atoms with Gasteiger partial charge in [-0.15, -0.1) is 0 Å². The number of halogens is 1. The number of pyridine rings is 1. The zero-order valence-electron chi connectivity index (χ0n) is 6.03. The molecule has 0 aromatic carbocycles. The highest BCUT2D eigenvalue weighted by molar-refractivity contribution is 6.58. The van der Waals surface area contributed by atoms with E-state index in [-0.39, 0.29) is 16.4 Å². The minimum absolute atomic E-state index is 0. The first kappa shape index (κ1) is 13.6. The van der Waals surface area contributed by atoms with E-state index in [0.717, 1.165) is 6.07 Å². The molecule has 0 spiro atoms. The lowest BCUT2D eigenvalue weighted by Gasteiger charge is -1.95. The van der Waals surface area contributed by atoms with Gasteiger partial charge >= 0.3 is 7.12 Å². The van der Waals surface area contributed by atoms with Crippen LogP contribution in [-0.2, 0) is 0 Å². The van der Waals surface area contributed by atoms with Crippen LogP contribution in [0.3, 0.4) is 0 Å². The Morgan fingerprint density at radius 1 is 1.33 bits per heavy atom. The van der Waals surface area contributed by atoms with Crippen LogP contribution in [0.1, 0.15) is 0 Å². The van der Waals surface area contributed by atoms with E-state index in [9.17, 15) is 4.39 Å². The van der Waals surface area contributed by atoms with Crippen LogP contribution in [-0.4, -0.2) is 33.1 Å². The van der Waals surface area contributed by atoms with Crippen molar-refractivity contribution in [1.82, 2.24) is 4.98 Å². The lowest BCUT2D eigenvalue weighted by atomic mass is 9.81. The smallest absolute Gasteiger partial charge is 0.423 e. The molecule has 0 unspecified atom stereocenters. The van der Waals surface area contributed by atoms with Gasteiger partial charge in [-0.25, -0.2) is 4.98 Å². The Bertz CT molecular complexity index is 234. The van der Waals surface area contributed by atoms with E-state index in [2.05, 4.69) is 4.98 Å². The van der Waals surface area contributed by atoms with Crippen LogP contribution in [0.2, 0.25) is 0 Å². The van der Waals surface area contributed by atoms with Gasteiger partial charge in [-0.3, -0.25) is 0 Å². The number of rotatable bonds is 1. The Morgan fingerprint density at radius 3 is 2.25 bits per heavy atom. The molecule has 1 aromatic rings. The molecular weight excluding hydrogens is 168 g/mol. The summed E-state index contributed by atoms with van der Waals surface area (Å²) in [6.07, 6.45) is 1.17. The standard InChI is InChI=1S/C5H5BFNO2.2H2O/c7-5-3-4(6(9)10)1-2-8-5;;/h1-3,9-10H;2*1H2. The fourth-order valence-electron chi connectivity index (χ4n) is 0.578. The number of nitrogens with zero attached hydrogens (tertiary/aromatic N) is 1. The minimum Gasteiger partial charge on any atom is -0.423 e. The third-order valence-electron chi connectivity index (χ3n) is 1.05. The molecule has 0 atom stereocenters. The van der Waals surface area contributed by atoms with Gasteiger partial charge in [0.15, 0.2) is 0 Å². The summed E-state index contributed by atoms with van der Waals surface area (Å²) in [5.41, 5.74) is 0.104. The normalized spacial score (nSPS) is 7.92. The molecule has 0 radical (unpaired) electrons. The molecular formula is C5H9BFNO4. The van der Waals surface area contributed by atoms with Crippen molar-refractivity contribution in [3.8, 4) is 0 Å². The molecule has 5 nitrogen and oxygen atoms in total. The van der Waals surface area contributed by atoms with Gasteiger partial charge in [-0.2, -0.15) is 4.39 Å². The van der Waals surface area contributed by atoms with E-state index in [1.54, 1.807) is 0 Å². The molecule has 0 aliphatic carbocycles. The van der Waals surface area contributed by atoms with Crippen molar-refractivity contribution in [1.29, 1.82) is 0 Å². The molecule has 7 heteroatoms. The van der Waals surface area contributed by atoms with Crippen LogP contribution in [0.4, 0.5) is 4.39 Å². The van der Waals surface area contributed by atoms with Gasteiger partial charge in [0.05, 0.1) is 0 Å². The van der Waals surface area contributed by atoms with Crippen molar-refractivity contribution in [2.75, 3.05) is 0 Å². The average Bonchev–Trinajstić information content (AvgIpc) is 1.88. The molecule has 0 bridgehead atoms. The predicted octanol–water partition coefficient (Wildman–Crippen LogP) is -2.75. The third-order valence-corrected chi connectivity index (χ3v) is 1.05. The van der Waals surface area contributed by atoms with Crippen LogP contribution < -0.4 is 5.46 Å². The van der Waals surface area contributed by atoms with Gasteiger partial charge in [-0.1, -0.05) is 0 Å². The number of aromatic nitrogens is 1. The molecule has 12 heavy (non-hydrogen) atoms. The lowest BCUT2D eigenvalue weighted by molar-refractivity contribution is 0.425. The van der Waals surface area contributed by atoms with E-state index in [1.807, 2.05) is 0 Å². The van der Waals surface area contributed by atoms with Crippen molar-refractivity contribution < 1.29 is 25.4 Å². The lowest BCUT2D eigenvalue weighted by Crippen LogP contribution is -2.30.